The van der Waals surface area contributed by atoms with Crippen LogP contribution in [0.3, 0.4) is 0 Å². The first-order chi connectivity index (χ1) is 14.5. The largest absolute Gasteiger partial charge is 0.296 e. The van der Waals surface area contributed by atoms with Crippen LogP contribution in [-0.4, -0.2) is 60.6 Å². The van der Waals surface area contributed by atoms with Crippen molar-refractivity contribution in [2.45, 2.75) is 27.7 Å². The Balaban J connectivity index is 0.00000256. The molecule has 6 heteroatoms. The van der Waals surface area contributed by atoms with Crippen molar-refractivity contribution >= 4 is 67.1 Å². The summed E-state index contributed by atoms with van der Waals surface area (Å²) in [6, 6.07) is 15.9. The Hall–Kier alpha value is -1.60. The lowest BCUT2D eigenvalue weighted by Gasteiger charge is -2.18. The molecule has 32 heavy (non-hydrogen) atoms. The maximum Gasteiger partial charge on any atom is 0.177 e. The first-order valence-electron chi connectivity index (χ1n) is 11.0. The highest BCUT2D eigenvalue weighted by Gasteiger charge is 2.16. The number of likely N-dealkylation sites (N-methyl/N-ethyl adjacent to an activating group) is 2. The molecule has 0 amide bonds. The molecule has 0 radical (unpaired) electrons. The molecule has 0 aliphatic heterocycles. The average Bonchev–Trinajstić information content (AvgIpc) is 2.78. The zero-order valence-corrected chi connectivity index (χ0v) is 22.8. The SMILES string of the molecule is Br.Br.CCN(CC)CC(=O)c1cccc2cc3c(C(=O)CN(CC)CC)cccc3cc12. The van der Waals surface area contributed by atoms with Gasteiger partial charge >= 0.3 is 0 Å². The molecular weight excluding hydrogens is 532 g/mol. The summed E-state index contributed by atoms with van der Waals surface area (Å²) in [5.41, 5.74) is 1.50. The van der Waals surface area contributed by atoms with Crippen LogP contribution in [-0.2, 0) is 0 Å². The number of ketones is 2. The van der Waals surface area contributed by atoms with Crippen molar-refractivity contribution in [1.82, 2.24) is 9.80 Å². The van der Waals surface area contributed by atoms with Crippen LogP contribution in [0.5, 0.6) is 0 Å². The van der Waals surface area contributed by atoms with Crippen LogP contribution < -0.4 is 0 Å². The second-order valence-corrected chi connectivity index (χ2v) is 7.67. The number of carbonyl (C=O) groups is 2. The molecule has 0 aliphatic rings. The van der Waals surface area contributed by atoms with E-state index in [4.69, 9.17) is 0 Å². The second kappa shape index (κ2) is 13.2. The summed E-state index contributed by atoms with van der Waals surface area (Å²) in [7, 11) is 0. The van der Waals surface area contributed by atoms with Gasteiger partial charge in [0.2, 0.25) is 0 Å². The summed E-state index contributed by atoms with van der Waals surface area (Å²) in [6.45, 7) is 12.6. The highest BCUT2D eigenvalue weighted by atomic mass is 79.9. The fraction of sp³-hybridized carbons (Fsp3) is 0.385. The Morgan fingerprint density at radius 2 is 0.969 bits per heavy atom. The third-order valence-electron chi connectivity index (χ3n) is 6.00. The van der Waals surface area contributed by atoms with Crippen LogP contribution in [0.1, 0.15) is 48.4 Å². The summed E-state index contributed by atoms with van der Waals surface area (Å²) in [5.74, 6) is 0.273. The van der Waals surface area contributed by atoms with Crippen LogP contribution in [0.2, 0.25) is 0 Å². The number of rotatable bonds is 10. The molecule has 0 atom stereocenters. The highest BCUT2D eigenvalue weighted by Crippen LogP contribution is 2.28. The van der Waals surface area contributed by atoms with Crippen molar-refractivity contribution in [3.8, 4) is 0 Å². The monoisotopic (exact) mass is 564 g/mol. The summed E-state index contributed by atoms with van der Waals surface area (Å²) >= 11 is 0. The van der Waals surface area contributed by atoms with Crippen LogP contribution in [0.15, 0.2) is 48.5 Å². The smallest absolute Gasteiger partial charge is 0.177 e. The van der Waals surface area contributed by atoms with Gasteiger partial charge in [-0.15, -0.1) is 34.0 Å². The Morgan fingerprint density at radius 1 is 0.625 bits per heavy atom. The maximum atomic E-state index is 13.0. The van der Waals surface area contributed by atoms with E-state index in [9.17, 15) is 9.59 Å². The fourth-order valence-electron chi connectivity index (χ4n) is 4.01. The van der Waals surface area contributed by atoms with E-state index in [-0.39, 0.29) is 45.5 Å². The molecule has 174 valence electrons. The van der Waals surface area contributed by atoms with E-state index >= 15 is 0 Å². The highest BCUT2D eigenvalue weighted by molar-refractivity contribution is 8.93. The van der Waals surface area contributed by atoms with Gasteiger partial charge in [-0.2, -0.15) is 0 Å². The number of hydrogen-bond acceptors (Lipinski definition) is 4. The zero-order chi connectivity index (χ0) is 21.7. The van der Waals surface area contributed by atoms with E-state index in [1.807, 2.05) is 36.4 Å². The number of halogens is 2. The quantitative estimate of drug-likeness (QED) is 0.217. The lowest BCUT2D eigenvalue weighted by Crippen LogP contribution is -2.29. The average molecular weight is 566 g/mol. The molecule has 4 nitrogen and oxygen atoms in total. The van der Waals surface area contributed by atoms with Crippen molar-refractivity contribution in [2.24, 2.45) is 0 Å². The maximum absolute atomic E-state index is 13.0. The molecule has 3 rings (SSSR count). The Kier molecular flexibility index (Phi) is 11.7. The molecule has 0 unspecified atom stereocenters. The van der Waals surface area contributed by atoms with Crippen molar-refractivity contribution in [1.29, 1.82) is 0 Å². The molecule has 0 heterocycles. The molecule has 0 aromatic heterocycles. The minimum atomic E-state index is 0. The Morgan fingerprint density at radius 3 is 1.28 bits per heavy atom. The lowest BCUT2D eigenvalue weighted by atomic mass is 9.94. The lowest BCUT2D eigenvalue weighted by molar-refractivity contribution is 0.0931. The number of carbonyl (C=O) groups excluding carboxylic acids is 2. The van der Waals surface area contributed by atoms with Crippen molar-refractivity contribution in [3.63, 3.8) is 0 Å². The summed E-state index contributed by atoms with van der Waals surface area (Å²) in [6.07, 6.45) is 0. The molecule has 0 spiro atoms. The normalized spacial score (nSPS) is 10.9. The molecule has 0 fully saturated rings. The first kappa shape index (κ1) is 28.4. The number of benzene rings is 3. The van der Waals surface area contributed by atoms with Crippen molar-refractivity contribution in [3.05, 3.63) is 59.7 Å². The first-order valence-corrected chi connectivity index (χ1v) is 11.0. The van der Waals surface area contributed by atoms with Gasteiger partial charge in [-0.25, -0.2) is 0 Å². The molecular formula is C26H34Br2N2O2. The van der Waals surface area contributed by atoms with E-state index < -0.39 is 0 Å². The van der Waals surface area contributed by atoms with E-state index in [2.05, 4.69) is 49.6 Å². The molecule has 0 N–H and O–H groups in total. The molecule has 0 aliphatic carbocycles. The van der Waals surface area contributed by atoms with Gasteiger partial charge in [0.25, 0.3) is 0 Å². The number of fused-ring (bicyclic) bond motifs is 2. The molecule has 0 bridgehead atoms. The van der Waals surface area contributed by atoms with Gasteiger partial charge in [-0.1, -0.05) is 64.1 Å². The Labute approximate surface area is 212 Å². The van der Waals surface area contributed by atoms with Crippen molar-refractivity contribution < 1.29 is 9.59 Å². The molecule has 0 saturated heterocycles. The van der Waals surface area contributed by atoms with Gasteiger partial charge < -0.3 is 0 Å². The molecule has 3 aromatic rings. The third kappa shape index (κ3) is 6.25. The minimum Gasteiger partial charge on any atom is -0.296 e. The summed E-state index contributed by atoms with van der Waals surface area (Å²) in [4.78, 5) is 30.2. The van der Waals surface area contributed by atoms with E-state index in [1.165, 1.54) is 0 Å². The van der Waals surface area contributed by atoms with Gasteiger partial charge in [0, 0.05) is 11.1 Å². The number of Topliss-reactive ketones (excluding diaryl/α,β-unsaturated/α-hetero) is 2. The molecule has 0 saturated carbocycles. The van der Waals surface area contributed by atoms with Gasteiger partial charge in [0.05, 0.1) is 13.1 Å². The van der Waals surface area contributed by atoms with Gasteiger partial charge in [-0.05, 0) is 59.9 Å². The van der Waals surface area contributed by atoms with Crippen LogP contribution in [0, 0.1) is 0 Å². The third-order valence-corrected chi connectivity index (χ3v) is 6.00. The number of nitrogens with zero attached hydrogens (tertiary/aromatic N) is 2. The Bertz CT molecular complexity index is 975. The zero-order valence-electron chi connectivity index (χ0n) is 19.4. The van der Waals surface area contributed by atoms with E-state index in [1.54, 1.807) is 0 Å². The van der Waals surface area contributed by atoms with E-state index in [0.29, 0.717) is 13.1 Å². The van der Waals surface area contributed by atoms with Crippen LogP contribution in [0.4, 0.5) is 0 Å². The predicted molar refractivity (Wildman–Crippen MR) is 146 cm³/mol. The van der Waals surface area contributed by atoms with E-state index in [0.717, 1.165) is 58.9 Å². The van der Waals surface area contributed by atoms with Crippen LogP contribution in [0.25, 0.3) is 21.5 Å². The van der Waals surface area contributed by atoms with Crippen LogP contribution >= 0.6 is 34.0 Å². The summed E-state index contributed by atoms with van der Waals surface area (Å²) in [5, 5.41) is 3.90. The minimum absolute atomic E-state index is 0. The number of hydrogen-bond donors (Lipinski definition) is 0. The predicted octanol–water partition coefficient (Wildman–Crippen LogP) is 6.20. The van der Waals surface area contributed by atoms with Gasteiger partial charge in [0.1, 0.15) is 0 Å². The van der Waals surface area contributed by atoms with Gasteiger partial charge in [-0.3, -0.25) is 19.4 Å². The molecule has 3 aromatic carbocycles. The summed E-state index contributed by atoms with van der Waals surface area (Å²) < 4.78 is 0. The topological polar surface area (TPSA) is 40.6 Å². The second-order valence-electron chi connectivity index (χ2n) is 7.67. The fourth-order valence-corrected chi connectivity index (χ4v) is 4.01. The van der Waals surface area contributed by atoms with Gasteiger partial charge in [0.15, 0.2) is 11.6 Å². The standard InChI is InChI=1S/C26H32N2O2.2BrH/c1-5-27(6-2)17-25(29)21-13-9-11-19-16-24-20(15-23(19)21)12-10-14-22(24)26(30)18-28(7-3)8-4;;/h9-16H,5-8,17-18H2,1-4H3;2*1H. The van der Waals surface area contributed by atoms with Crippen molar-refractivity contribution in [2.75, 3.05) is 39.3 Å².